The number of benzene rings is 1. The highest BCUT2D eigenvalue weighted by molar-refractivity contribution is 8.76. The maximum Gasteiger partial charge on any atom is 0.304 e. The van der Waals surface area contributed by atoms with Gasteiger partial charge in [-0.1, -0.05) is 51.9 Å². The van der Waals surface area contributed by atoms with Crippen LogP contribution in [0.4, 0.5) is 0 Å². The van der Waals surface area contributed by atoms with Crippen molar-refractivity contribution in [2.24, 2.45) is 34.2 Å². The van der Waals surface area contributed by atoms with Gasteiger partial charge in [-0.25, -0.2) is 0 Å². The van der Waals surface area contributed by atoms with Crippen LogP contribution in [0.5, 0.6) is 0 Å². The van der Waals surface area contributed by atoms with Crippen molar-refractivity contribution in [3.8, 4) is 12.3 Å². The minimum Gasteiger partial charge on any atom is -0.481 e. The number of aliphatic imine (C=N–C) groups is 1. The van der Waals surface area contributed by atoms with Crippen LogP contribution in [0.3, 0.4) is 0 Å². The largest absolute Gasteiger partial charge is 0.481 e. The Morgan fingerprint density at radius 3 is 2.11 bits per heavy atom. The fraction of sp³-hybridized carbons (Fsp3) is 0.604. The number of thioether (sulfide) groups is 1. The number of nitrogens with one attached hydrogen (secondary N) is 7. The predicted octanol–water partition coefficient (Wildman–Crippen LogP) is -0.119. The van der Waals surface area contributed by atoms with Gasteiger partial charge in [-0.3, -0.25) is 62.5 Å². The van der Waals surface area contributed by atoms with Crippen molar-refractivity contribution in [2.75, 3.05) is 55.9 Å². The normalized spacial score (nSPS) is 22.9. The number of terminal acetylenes is 1. The number of ether oxygens (including phenoxy) is 1. The second-order valence-electron chi connectivity index (χ2n) is 19.2. The predicted molar refractivity (Wildman–Crippen MR) is 303 cm³/mol. The van der Waals surface area contributed by atoms with Gasteiger partial charge in [-0.15, -0.1) is 24.1 Å². The second kappa shape index (κ2) is 37.4. The Balaban J connectivity index is 2.15. The number of carbonyl (C=O) groups is 12. The molecule has 2 aliphatic rings. The summed E-state index contributed by atoms with van der Waals surface area (Å²) in [4.78, 5) is 168. The van der Waals surface area contributed by atoms with Crippen molar-refractivity contribution in [1.82, 2.24) is 37.2 Å². The summed E-state index contributed by atoms with van der Waals surface area (Å²) in [5.74, 6) is -11.0. The van der Waals surface area contributed by atoms with Gasteiger partial charge in [-0.05, 0) is 57.4 Å². The highest BCUT2D eigenvalue weighted by Gasteiger charge is 2.36. The van der Waals surface area contributed by atoms with E-state index in [2.05, 4.69) is 48.1 Å². The van der Waals surface area contributed by atoms with E-state index in [1.54, 1.807) is 37.3 Å². The van der Waals surface area contributed by atoms with Crippen LogP contribution >= 0.6 is 33.3 Å². The van der Waals surface area contributed by atoms with Crippen LogP contribution in [0.25, 0.3) is 0 Å². The van der Waals surface area contributed by atoms with Gasteiger partial charge < -0.3 is 58.5 Å². The van der Waals surface area contributed by atoms with Crippen LogP contribution in [-0.2, 0) is 68.7 Å². The monoisotopic (exact) mass is 1170 g/mol. The summed E-state index contributed by atoms with van der Waals surface area (Å²) in [6.07, 6.45) is 3.96. The van der Waals surface area contributed by atoms with E-state index in [4.69, 9.17) is 22.6 Å². The van der Waals surface area contributed by atoms with Crippen molar-refractivity contribution < 1.29 is 67.4 Å². The van der Waals surface area contributed by atoms with Gasteiger partial charge in [0.25, 0.3) is 0 Å². The van der Waals surface area contributed by atoms with E-state index >= 15 is 0 Å². The van der Waals surface area contributed by atoms with Crippen LogP contribution < -0.4 is 48.7 Å². The fourth-order valence-corrected chi connectivity index (χ4v) is 11.8. The highest BCUT2D eigenvalue weighted by Crippen LogP contribution is 2.27. The number of nitrogens with zero attached hydrogens (tertiary/aromatic N) is 1. The van der Waals surface area contributed by atoms with Crippen molar-refractivity contribution in [3.63, 3.8) is 0 Å². The molecule has 0 radical (unpaired) electrons. The number of nitrogens with two attached hydrogens (primary N) is 2. The first-order valence-corrected chi connectivity index (χ1v) is 30.1. The maximum atomic E-state index is 14.6. The standard InChI is InChI=1S/C53H76N10O14S3/c1-4-13-38(59-32(3)64)51(75)56-19-10-9-17-39-52(76)63-42-30-80-79-29-41(62-50(74)36(26-47(70)71)23-37(65)27-58-48(72)34(24-44(42)67)16-11-20-57-53(54)55)45(68)25-35(22-33-14-7-6-8-15-33)49(73)61-40(28-78-31-46(69)60-39)43(66)18-12-21-77-5-2/h1,6-8,14-15,34-36,38-42H,5,9-13,16-31H2,2-3H3,(H,56,75)(H,58,72)(H,59,64)(H,60,69)(H,61,73)(H,62,74)(H,63,76)(H,70,71)(H4,54,55,57)/t34-,35-,36+,38?,39+,40+,41+,42+/m1/s1. The van der Waals surface area contributed by atoms with E-state index in [-0.39, 0.29) is 106 Å². The third kappa shape index (κ3) is 26.6. The summed E-state index contributed by atoms with van der Waals surface area (Å²) in [5, 5.41) is 28.5. The Bertz CT molecular complexity index is 2390. The van der Waals surface area contributed by atoms with E-state index < -0.39 is 145 Å². The Hall–Kier alpha value is -6.50. The lowest BCUT2D eigenvalue weighted by atomic mass is 9.90. The molecule has 27 heteroatoms. The van der Waals surface area contributed by atoms with Gasteiger partial charge in [0.1, 0.15) is 12.1 Å². The minimum absolute atomic E-state index is 0.00762. The molecular weight excluding hydrogens is 1100 g/mol. The lowest BCUT2D eigenvalue weighted by molar-refractivity contribution is -0.142. The SMILES string of the molecule is C#CCC(NC(C)=O)C(=O)NCCCC[C@@H]1NC(=O)CSC[C@@H](C(=O)CCCOCC)NC(=O)[C@H](Cc2ccccc2)CC(=O)[C@@H]2CSSC[C@H](NC1=O)C(=O)C[C@@H](CCCN=C(N)N)C(=O)NCC(=O)C[C@@H](CC(=O)O)C(=O)N2. The Kier molecular flexibility index (Phi) is 31.7. The molecule has 8 atom stereocenters. The lowest BCUT2D eigenvalue weighted by Gasteiger charge is -2.26. The molecule has 80 heavy (non-hydrogen) atoms. The van der Waals surface area contributed by atoms with Crippen LogP contribution in [0.15, 0.2) is 35.3 Å². The number of hydrogen-bond donors (Lipinski definition) is 10. The summed E-state index contributed by atoms with van der Waals surface area (Å²) >= 11 is 0.994. The molecule has 0 spiro atoms. The van der Waals surface area contributed by atoms with E-state index in [9.17, 15) is 62.6 Å². The molecule has 1 aromatic rings. The first-order valence-electron chi connectivity index (χ1n) is 26.5. The quantitative estimate of drug-likeness (QED) is 0.0238. The molecule has 24 nitrogen and oxygen atoms in total. The van der Waals surface area contributed by atoms with E-state index in [0.717, 1.165) is 33.3 Å². The van der Waals surface area contributed by atoms with Crippen molar-refractivity contribution in [3.05, 3.63) is 35.9 Å². The highest BCUT2D eigenvalue weighted by atomic mass is 33.1. The molecule has 440 valence electrons. The fourth-order valence-electron chi connectivity index (χ4n) is 8.49. The molecule has 3 rings (SSSR count). The molecular formula is C53H76N10O14S3. The van der Waals surface area contributed by atoms with Gasteiger partial charge in [0, 0.05) is 94.4 Å². The zero-order valence-corrected chi connectivity index (χ0v) is 47.7. The molecule has 2 saturated heterocycles. The summed E-state index contributed by atoms with van der Waals surface area (Å²) in [6.45, 7) is 3.22. The number of guanidine groups is 1. The maximum absolute atomic E-state index is 14.6. The van der Waals surface area contributed by atoms with Gasteiger partial charge >= 0.3 is 5.97 Å². The molecule has 1 aromatic carbocycles. The average Bonchev–Trinajstić information content (AvgIpc) is 3.41. The zero-order valence-electron chi connectivity index (χ0n) is 45.2. The lowest BCUT2D eigenvalue weighted by Crippen LogP contribution is -2.53. The summed E-state index contributed by atoms with van der Waals surface area (Å²) in [7, 11) is 2.03. The average molecular weight is 1170 g/mol. The Morgan fingerprint density at radius 2 is 1.48 bits per heavy atom. The van der Waals surface area contributed by atoms with Crippen molar-refractivity contribution in [1.29, 1.82) is 0 Å². The number of amides is 7. The Morgan fingerprint density at radius 1 is 0.812 bits per heavy atom. The van der Waals surface area contributed by atoms with Gasteiger partial charge in [0.2, 0.25) is 41.4 Å². The minimum atomic E-state index is -1.50. The number of ketones is 4. The van der Waals surface area contributed by atoms with Gasteiger partial charge in [0.15, 0.2) is 29.1 Å². The number of carboxylic acids is 1. The summed E-state index contributed by atoms with van der Waals surface area (Å²) < 4.78 is 5.43. The number of unbranched alkanes of at least 4 members (excludes halogenated alkanes) is 1. The number of Topliss-reactive ketones (excluding diaryl/α,β-unsaturated/α-hetero) is 4. The van der Waals surface area contributed by atoms with Gasteiger partial charge in [-0.2, -0.15) is 0 Å². The number of carbonyl (C=O) groups excluding carboxylic acids is 11. The van der Waals surface area contributed by atoms with Crippen molar-refractivity contribution >= 4 is 110 Å². The van der Waals surface area contributed by atoms with E-state index in [1.807, 2.05) is 0 Å². The topological polar surface area (TPSA) is 383 Å². The molecule has 1 unspecified atom stereocenters. The number of fused-ring (bicyclic) bond motifs is 5. The number of aliphatic carboxylic acids is 1. The molecule has 7 amide bonds. The van der Waals surface area contributed by atoms with Crippen LogP contribution in [0.1, 0.15) is 96.5 Å². The van der Waals surface area contributed by atoms with Gasteiger partial charge in [0.05, 0.1) is 42.8 Å². The third-order valence-corrected chi connectivity index (χ3v) is 16.1. The summed E-state index contributed by atoms with van der Waals surface area (Å²) in [6, 6.07) is 2.58. The first kappa shape index (κ1) is 67.8. The number of carboxylic acid groups (broad SMARTS) is 1. The van der Waals surface area contributed by atoms with Crippen molar-refractivity contribution in [2.45, 2.75) is 128 Å². The molecule has 2 heterocycles. The molecule has 0 aromatic heterocycles. The Labute approximate surface area is 478 Å². The third-order valence-electron chi connectivity index (χ3n) is 12.7. The smallest absolute Gasteiger partial charge is 0.304 e. The molecule has 12 N–H and O–H groups in total. The summed E-state index contributed by atoms with van der Waals surface area (Å²) in [5.41, 5.74) is 11.7. The van der Waals surface area contributed by atoms with Crippen LogP contribution in [0, 0.1) is 30.1 Å². The van der Waals surface area contributed by atoms with E-state index in [1.165, 1.54) is 6.92 Å². The number of rotatable bonds is 22. The molecule has 2 bridgehead atoms. The van der Waals surface area contributed by atoms with Crippen LogP contribution in [-0.4, -0.2) is 168 Å². The first-order chi connectivity index (χ1) is 38.2. The second-order valence-corrected chi connectivity index (χ2v) is 22.8. The van der Waals surface area contributed by atoms with E-state index in [0.29, 0.717) is 18.6 Å². The van der Waals surface area contributed by atoms with Crippen LogP contribution in [0.2, 0.25) is 0 Å². The molecule has 0 aliphatic carbocycles. The molecule has 2 aliphatic heterocycles. The number of hydrogen-bond acceptors (Lipinski definition) is 17. The molecule has 2 fully saturated rings. The zero-order chi connectivity index (χ0) is 59.0. The molecule has 0 saturated carbocycles.